The van der Waals surface area contributed by atoms with Crippen LogP contribution >= 0.6 is 0 Å². The van der Waals surface area contributed by atoms with E-state index in [1.165, 1.54) is 5.56 Å². The first-order valence-electron chi connectivity index (χ1n) is 10.7. The first kappa shape index (κ1) is 22.0. The lowest BCUT2D eigenvalue weighted by atomic mass is 10.0. The summed E-state index contributed by atoms with van der Waals surface area (Å²) in [5, 5.41) is 3.59. The van der Waals surface area contributed by atoms with Crippen molar-refractivity contribution in [3.8, 4) is 5.75 Å². The van der Waals surface area contributed by atoms with Crippen molar-refractivity contribution in [3.05, 3.63) is 69.1 Å². The highest BCUT2D eigenvalue weighted by Gasteiger charge is 2.18. The van der Waals surface area contributed by atoms with Gasteiger partial charge < -0.3 is 19.2 Å². The zero-order chi connectivity index (χ0) is 22.7. The van der Waals surface area contributed by atoms with Gasteiger partial charge in [0.15, 0.2) is 0 Å². The maximum atomic E-state index is 12.7. The van der Waals surface area contributed by atoms with E-state index in [0.29, 0.717) is 33.5 Å². The molecular weight excluding hydrogens is 408 g/mol. The Balaban J connectivity index is 1.48. The van der Waals surface area contributed by atoms with E-state index in [9.17, 15) is 9.59 Å². The number of benzene rings is 2. The van der Waals surface area contributed by atoms with Crippen LogP contribution < -0.4 is 15.7 Å². The summed E-state index contributed by atoms with van der Waals surface area (Å²) < 4.78 is 16.4. The van der Waals surface area contributed by atoms with Crippen LogP contribution in [0.2, 0.25) is 0 Å². The lowest BCUT2D eigenvalue weighted by Gasteiger charge is -2.26. The highest BCUT2D eigenvalue weighted by molar-refractivity contribution is 5.94. The van der Waals surface area contributed by atoms with Crippen LogP contribution in [0.1, 0.15) is 22.3 Å². The van der Waals surface area contributed by atoms with Gasteiger partial charge in [-0.2, -0.15) is 0 Å². The van der Waals surface area contributed by atoms with Gasteiger partial charge in [-0.15, -0.1) is 0 Å². The third kappa shape index (κ3) is 4.84. The molecular formula is C25H28N2O5. The number of ether oxygens (including phenoxy) is 2. The van der Waals surface area contributed by atoms with Crippen LogP contribution in [-0.4, -0.2) is 44.2 Å². The summed E-state index contributed by atoms with van der Waals surface area (Å²) in [5.41, 5.74) is 3.79. The molecule has 0 radical (unpaired) electrons. The maximum absolute atomic E-state index is 12.7. The molecule has 0 spiro atoms. The fraction of sp³-hybridized carbons (Fsp3) is 0.360. The predicted molar refractivity (Wildman–Crippen MR) is 123 cm³/mol. The Labute approximate surface area is 186 Å². The molecule has 1 saturated heterocycles. The summed E-state index contributed by atoms with van der Waals surface area (Å²) in [4.78, 5) is 27.6. The van der Waals surface area contributed by atoms with Gasteiger partial charge in [-0.3, -0.25) is 9.69 Å². The molecule has 1 N–H and O–H groups in total. The Morgan fingerprint density at radius 1 is 1.12 bits per heavy atom. The van der Waals surface area contributed by atoms with Crippen molar-refractivity contribution in [2.24, 2.45) is 0 Å². The zero-order valence-electron chi connectivity index (χ0n) is 18.7. The summed E-state index contributed by atoms with van der Waals surface area (Å²) in [6.07, 6.45) is -0.0728. The Hall–Kier alpha value is -3.16. The third-order valence-corrected chi connectivity index (χ3v) is 5.79. The number of morpholine rings is 1. The molecule has 2 heterocycles. The second kappa shape index (κ2) is 9.54. The molecule has 1 aliphatic rings. The van der Waals surface area contributed by atoms with Crippen LogP contribution in [0.25, 0.3) is 11.0 Å². The predicted octanol–water partition coefficient (Wildman–Crippen LogP) is 3.43. The molecule has 7 nitrogen and oxygen atoms in total. The van der Waals surface area contributed by atoms with Crippen molar-refractivity contribution in [2.75, 3.05) is 38.7 Å². The van der Waals surface area contributed by atoms with E-state index >= 15 is 0 Å². The van der Waals surface area contributed by atoms with E-state index in [4.69, 9.17) is 13.9 Å². The minimum Gasteiger partial charge on any atom is -0.496 e. The van der Waals surface area contributed by atoms with Gasteiger partial charge in [-0.05, 0) is 54.8 Å². The fourth-order valence-corrected chi connectivity index (χ4v) is 4.08. The largest absolute Gasteiger partial charge is 0.496 e. The lowest BCUT2D eigenvalue weighted by molar-refractivity contribution is -0.115. The molecule has 1 amide bonds. The minimum absolute atomic E-state index is 0.0728. The molecule has 168 valence electrons. The molecule has 4 rings (SSSR count). The molecule has 2 aromatic carbocycles. The van der Waals surface area contributed by atoms with Crippen molar-refractivity contribution in [3.63, 3.8) is 0 Å². The third-order valence-electron chi connectivity index (χ3n) is 5.79. The van der Waals surface area contributed by atoms with Gasteiger partial charge in [0.25, 0.3) is 0 Å². The average Bonchev–Trinajstić information content (AvgIpc) is 2.78. The van der Waals surface area contributed by atoms with Gasteiger partial charge in [0.05, 0.1) is 37.7 Å². The molecule has 0 aliphatic carbocycles. The van der Waals surface area contributed by atoms with Crippen LogP contribution in [-0.2, 0) is 22.5 Å². The van der Waals surface area contributed by atoms with Crippen LogP contribution in [0.5, 0.6) is 5.75 Å². The van der Waals surface area contributed by atoms with Crippen LogP contribution in [0.4, 0.5) is 5.69 Å². The quantitative estimate of drug-likeness (QED) is 0.597. The maximum Gasteiger partial charge on any atom is 0.340 e. The number of hydrogen-bond donors (Lipinski definition) is 1. The van der Waals surface area contributed by atoms with Crippen LogP contribution in [0.15, 0.2) is 45.6 Å². The van der Waals surface area contributed by atoms with Crippen molar-refractivity contribution >= 4 is 22.6 Å². The Bertz CT molecular complexity index is 1180. The van der Waals surface area contributed by atoms with Gasteiger partial charge in [-0.1, -0.05) is 12.1 Å². The van der Waals surface area contributed by atoms with Crippen molar-refractivity contribution in [2.45, 2.75) is 26.8 Å². The van der Waals surface area contributed by atoms with E-state index in [1.807, 2.05) is 44.2 Å². The van der Waals surface area contributed by atoms with E-state index in [1.54, 1.807) is 13.2 Å². The van der Waals surface area contributed by atoms with E-state index < -0.39 is 5.63 Å². The number of carbonyl (C=O) groups excluding carboxylic acids is 1. The standard InChI is InChI=1S/C25H28N2O5/c1-16-12-21(30-3)24-17(2)20(25(29)32-22(24)13-16)14-23(28)26-19-6-4-18(5-7-19)15-27-8-10-31-11-9-27/h4-7,12-13H,8-11,14-15H2,1-3H3,(H,26,28). The van der Waals surface area contributed by atoms with E-state index in [2.05, 4.69) is 10.2 Å². The molecule has 0 saturated carbocycles. The molecule has 0 bridgehead atoms. The number of nitrogens with one attached hydrogen (secondary N) is 1. The fourth-order valence-electron chi connectivity index (χ4n) is 4.08. The molecule has 1 fully saturated rings. The van der Waals surface area contributed by atoms with Crippen molar-refractivity contribution in [1.82, 2.24) is 4.90 Å². The van der Waals surface area contributed by atoms with Gasteiger partial charge >= 0.3 is 5.63 Å². The summed E-state index contributed by atoms with van der Waals surface area (Å²) in [6.45, 7) is 7.97. The minimum atomic E-state index is -0.501. The molecule has 3 aromatic rings. The average molecular weight is 437 g/mol. The monoisotopic (exact) mass is 436 g/mol. The van der Waals surface area contributed by atoms with Crippen LogP contribution in [0, 0.1) is 13.8 Å². The van der Waals surface area contributed by atoms with Gasteiger partial charge in [-0.25, -0.2) is 4.79 Å². The number of carbonyl (C=O) groups is 1. The SMILES string of the molecule is COc1cc(C)cc2oc(=O)c(CC(=O)Nc3ccc(CN4CCOCC4)cc3)c(C)c12. The van der Waals surface area contributed by atoms with Gasteiger partial charge in [0.2, 0.25) is 5.91 Å². The summed E-state index contributed by atoms with van der Waals surface area (Å²) in [5.74, 6) is 0.352. The second-order valence-electron chi connectivity index (χ2n) is 8.14. The molecule has 1 aliphatic heterocycles. The number of hydrogen-bond acceptors (Lipinski definition) is 6. The normalized spacial score (nSPS) is 14.5. The number of amides is 1. The van der Waals surface area contributed by atoms with Crippen molar-refractivity contribution in [1.29, 1.82) is 0 Å². The number of nitrogens with zero attached hydrogens (tertiary/aromatic N) is 1. The Morgan fingerprint density at radius 2 is 1.84 bits per heavy atom. The highest BCUT2D eigenvalue weighted by Crippen LogP contribution is 2.31. The lowest BCUT2D eigenvalue weighted by Crippen LogP contribution is -2.35. The molecule has 1 aromatic heterocycles. The second-order valence-corrected chi connectivity index (χ2v) is 8.14. The summed E-state index contributed by atoms with van der Waals surface area (Å²) in [6, 6.07) is 11.5. The van der Waals surface area contributed by atoms with Crippen LogP contribution in [0.3, 0.4) is 0 Å². The molecule has 32 heavy (non-hydrogen) atoms. The number of rotatable bonds is 6. The summed E-state index contributed by atoms with van der Waals surface area (Å²) in [7, 11) is 1.58. The van der Waals surface area contributed by atoms with Crippen molar-refractivity contribution < 1.29 is 18.7 Å². The first-order chi connectivity index (χ1) is 15.4. The Morgan fingerprint density at radius 3 is 2.53 bits per heavy atom. The number of anilines is 1. The first-order valence-corrected chi connectivity index (χ1v) is 10.7. The highest BCUT2D eigenvalue weighted by atomic mass is 16.5. The zero-order valence-corrected chi connectivity index (χ0v) is 18.7. The molecule has 0 unspecified atom stereocenters. The van der Waals surface area contributed by atoms with E-state index in [-0.39, 0.29) is 12.3 Å². The smallest absolute Gasteiger partial charge is 0.340 e. The Kier molecular flexibility index (Phi) is 6.58. The number of fused-ring (bicyclic) bond motifs is 1. The van der Waals surface area contributed by atoms with E-state index in [0.717, 1.165) is 38.4 Å². The summed E-state index contributed by atoms with van der Waals surface area (Å²) >= 11 is 0. The van der Waals surface area contributed by atoms with Gasteiger partial charge in [0, 0.05) is 25.3 Å². The topological polar surface area (TPSA) is 81.0 Å². The molecule has 7 heteroatoms. The van der Waals surface area contributed by atoms with Gasteiger partial charge in [0.1, 0.15) is 11.3 Å². The number of aryl methyl sites for hydroxylation is 2. The number of methoxy groups -OCH3 is 1. The molecule has 0 atom stereocenters.